The van der Waals surface area contributed by atoms with Crippen LogP contribution in [0, 0.1) is 0 Å². The van der Waals surface area contributed by atoms with Crippen molar-refractivity contribution >= 4 is 41.0 Å². The molecule has 0 aliphatic rings. The zero-order valence-electron chi connectivity index (χ0n) is 8.59. The Kier molecular flexibility index (Phi) is 4.71. The van der Waals surface area contributed by atoms with Crippen LogP contribution in [0.2, 0.25) is 15.1 Å². The first-order valence-electron chi connectivity index (χ1n) is 4.43. The molecule has 0 radical (unpaired) electrons. The Morgan fingerprint density at radius 2 is 1.69 bits per heavy atom. The smallest absolute Gasteiger partial charge is 0.431 e. The van der Waals surface area contributed by atoms with Gasteiger partial charge in [-0.25, -0.2) is 4.79 Å². The summed E-state index contributed by atoms with van der Waals surface area (Å²) in [7, 11) is 0. The van der Waals surface area contributed by atoms with Crippen molar-refractivity contribution in [1.82, 2.24) is 0 Å². The van der Waals surface area contributed by atoms with E-state index in [0.29, 0.717) is 0 Å². The van der Waals surface area contributed by atoms with E-state index in [-0.39, 0.29) is 26.9 Å². The van der Waals surface area contributed by atoms with Gasteiger partial charge in [0.05, 0.1) is 21.2 Å². The number of carbonyl (C=O) groups is 1. The van der Waals surface area contributed by atoms with Crippen molar-refractivity contribution in [1.29, 1.82) is 0 Å². The van der Waals surface area contributed by atoms with E-state index in [4.69, 9.17) is 44.3 Å². The third kappa shape index (κ3) is 3.74. The number of hydrogen-bond acceptors (Lipinski definition) is 3. The fourth-order valence-electron chi connectivity index (χ4n) is 0.889. The third-order valence-electron chi connectivity index (χ3n) is 1.50. The average molecular weight is 284 g/mol. The zero-order valence-corrected chi connectivity index (χ0v) is 10.9. The molecular weight excluding hydrogens is 274 g/mol. The predicted octanol–water partition coefficient (Wildman–Crippen LogP) is 4.57. The van der Waals surface area contributed by atoms with Crippen LogP contribution in [0.5, 0.6) is 5.75 Å². The maximum Gasteiger partial charge on any atom is 0.514 e. The molecular formula is C10H9Cl3O3. The highest BCUT2D eigenvalue weighted by Gasteiger charge is 2.13. The Hall–Kier alpha value is -0.640. The lowest BCUT2D eigenvalue weighted by atomic mass is 10.3. The first-order chi connectivity index (χ1) is 7.40. The molecule has 0 unspecified atom stereocenters. The third-order valence-corrected chi connectivity index (χ3v) is 2.52. The highest BCUT2D eigenvalue weighted by Crippen LogP contribution is 2.34. The first-order valence-corrected chi connectivity index (χ1v) is 5.56. The number of benzene rings is 1. The van der Waals surface area contributed by atoms with Gasteiger partial charge in [-0.15, -0.1) is 0 Å². The number of carbonyl (C=O) groups excluding carboxylic acids is 1. The molecule has 6 heteroatoms. The maximum absolute atomic E-state index is 11.2. The molecule has 1 aromatic carbocycles. The van der Waals surface area contributed by atoms with Crippen LogP contribution in [0.1, 0.15) is 13.8 Å². The molecule has 0 spiro atoms. The second-order valence-electron chi connectivity index (χ2n) is 3.22. The highest BCUT2D eigenvalue weighted by atomic mass is 35.5. The second kappa shape index (κ2) is 5.62. The van der Waals surface area contributed by atoms with Gasteiger partial charge in [-0.1, -0.05) is 34.8 Å². The van der Waals surface area contributed by atoms with Crippen molar-refractivity contribution in [3.63, 3.8) is 0 Å². The fraction of sp³-hybridized carbons (Fsp3) is 0.300. The largest absolute Gasteiger partial charge is 0.514 e. The topological polar surface area (TPSA) is 35.5 Å². The summed E-state index contributed by atoms with van der Waals surface area (Å²) < 4.78 is 9.64. The van der Waals surface area contributed by atoms with Gasteiger partial charge in [0.2, 0.25) is 0 Å². The molecule has 1 rings (SSSR count). The summed E-state index contributed by atoms with van der Waals surface area (Å²) in [6.45, 7) is 3.41. The maximum atomic E-state index is 11.2. The summed E-state index contributed by atoms with van der Waals surface area (Å²) in [6, 6.07) is 2.75. The summed E-state index contributed by atoms with van der Waals surface area (Å²) in [5.74, 6) is 0.113. The summed E-state index contributed by atoms with van der Waals surface area (Å²) >= 11 is 17.3. The van der Waals surface area contributed by atoms with Crippen LogP contribution in [0.15, 0.2) is 12.1 Å². The molecule has 0 fully saturated rings. The molecule has 0 saturated carbocycles. The molecule has 0 atom stereocenters. The van der Waals surface area contributed by atoms with E-state index in [1.165, 1.54) is 12.1 Å². The lowest BCUT2D eigenvalue weighted by Crippen LogP contribution is -2.15. The molecule has 0 N–H and O–H groups in total. The first kappa shape index (κ1) is 13.4. The van der Waals surface area contributed by atoms with E-state index in [1.807, 2.05) is 0 Å². The molecule has 88 valence electrons. The van der Waals surface area contributed by atoms with Gasteiger partial charge < -0.3 is 9.47 Å². The van der Waals surface area contributed by atoms with Crippen molar-refractivity contribution in [2.45, 2.75) is 20.0 Å². The van der Waals surface area contributed by atoms with E-state index in [2.05, 4.69) is 0 Å². The quantitative estimate of drug-likeness (QED) is 0.453. The van der Waals surface area contributed by atoms with Crippen LogP contribution in [-0.4, -0.2) is 12.3 Å². The molecule has 3 nitrogen and oxygen atoms in total. The molecule has 0 aromatic heterocycles. The number of rotatable bonds is 2. The van der Waals surface area contributed by atoms with Crippen molar-refractivity contribution < 1.29 is 14.3 Å². The van der Waals surface area contributed by atoms with Gasteiger partial charge in [0.15, 0.2) is 5.75 Å². The van der Waals surface area contributed by atoms with Crippen LogP contribution in [-0.2, 0) is 4.74 Å². The van der Waals surface area contributed by atoms with Gasteiger partial charge in [0.1, 0.15) is 0 Å². The monoisotopic (exact) mass is 282 g/mol. The number of ether oxygens (including phenoxy) is 2. The number of hydrogen-bond donors (Lipinski definition) is 0. The summed E-state index contributed by atoms with van der Waals surface area (Å²) in [4.78, 5) is 11.2. The minimum Gasteiger partial charge on any atom is -0.431 e. The minimum atomic E-state index is -0.838. The van der Waals surface area contributed by atoms with Crippen LogP contribution >= 0.6 is 34.8 Å². The van der Waals surface area contributed by atoms with Crippen LogP contribution in [0.25, 0.3) is 0 Å². The lowest BCUT2D eigenvalue weighted by molar-refractivity contribution is 0.0729. The van der Waals surface area contributed by atoms with Crippen LogP contribution in [0.4, 0.5) is 4.79 Å². The highest BCUT2D eigenvalue weighted by molar-refractivity contribution is 6.43. The van der Waals surface area contributed by atoms with E-state index in [0.717, 1.165) is 0 Å². The Morgan fingerprint density at radius 1 is 1.12 bits per heavy atom. The molecule has 0 aliphatic heterocycles. The van der Waals surface area contributed by atoms with Gasteiger partial charge in [0.25, 0.3) is 0 Å². The Morgan fingerprint density at radius 3 is 2.25 bits per heavy atom. The van der Waals surface area contributed by atoms with Gasteiger partial charge in [-0.2, -0.15) is 0 Å². The predicted molar refractivity (Wildman–Crippen MR) is 63.7 cm³/mol. The van der Waals surface area contributed by atoms with Crippen LogP contribution < -0.4 is 4.74 Å². The Bertz CT molecular complexity index is 405. The molecule has 0 amide bonds. The lowest BCUT2D eigenvalue weighted by Gasteiger charge is -2.10. The van der Waals surface area contributed by atoms with Gasteiger partial charge in [0, 0.05) is 6.07 Å². The van der Waals surface area contributed by atoms with Gasteiger partial charge in [-0.05, 0) is 19.9 Å². The Balaban J connectivity index is 2.81. The summed E-state index contributed by atoms with van der Waals surface area (Å²) in [5.41, 5.74) is 0. The Labute approximate surface area is 108 Å². The molecule has 16 heavy (non-hydrogen) atoms. The zero-order chi connectivity index (χ0) is 12.3. The minimum absolute atomic E-state index is 0.113. The average Bonchev–Trinajstić information content (AvgIpc) is 2.12. The van der Waals surface area contributed by atoms with Crippen molar-refractivity contribution in [2.24, 2.45) is 0 Å². The second-order valence-corrected chi connectivity index (χ2v) is 4.44. The number of halogens is 3. The van der Waals surface area contributed by atoms with E-state index in [1.54, 1.807) is 13.8 Å². The van der Waals surface area contributed by atoms with Crippen molar-refractivity contribution in [3.8, 4) is 5.75 Å². The van der Waals surface area contributed by atoms with E-state index in [9.17, 15) is 4.79 Å². The molecule has 0 heterocycles. The van der Waals surface area contributed by atoms with E-state index >= 15 is 0 Å². The fourth-order valence-corrected chi connectivity index (χ4v) is 1.46. The normalized spacial score (nSPS) is 10.4. The molecule has 0 saturated heterocycles. The van der Waals surface area contributed by atoms with Gasteiger partial charge >= 0.3 is 6.16 Å². The summed E-state index contributed by atoms with van der Waals surface area (Å²) in [6.07, 6.45) is -1.11. The van der Waals surface area contributed by atoms with Crippen molar-refractivity contribution in [3.05, 3.63) is 27.2 Å². The molecule has 0 bridgehead atoms. The molecule has 1 aromatic rings. The van der Waals surface area contributed by atoms with E-state index < -0.39 is 6.16 Å². The standard InChI is InChI=1S/C10H9Cl3O3/c1-5(2)15-10(14)16-9-4-7(12)6(11)3-8(9)13/h3-5H,1-2H3. The van der Waals surface area contributed by atoms with Gasteiger partial charge in [-0.3, -0.25) is 0 Å². The van der Waals surface area contributed by atoms with Crippen LogP contribution in [0.3, 0.4) is 0 Å². The summed E-state index contributed by atoms with van der Waals surface area (Å²) in [5, 5.41) is 0.727. The SMILES string of the molecule is CC(C)OC(=O)Oc1cc(Cl)c(Cl)cc1Cl. The van der Waals surface area contributed by atoms with Crippen molar-refractivity contribution in [2.75, 3.05) is 0 Å². The molecule has 0 aliphatic carbocycles.